The van der Waals surface area contributed by atoms with Crippen molar-refractivity contribution in [1.29, 1.82) is 0 Å². The van der Waals surface area contributed by atoms with Crippen LogP contribution in [0, 0.1) is 0 Å². The Morgan fingerprint density at radius 1 is 1.10 bits per heavy atom. The predicted molar refractivity (Wildman–Crippen MR) is 51.7 cm³/mol. The fraction of sp³-hybridized carbons (Fsp3) is 1.00. The van der Waals surface area contributed by atoms with Gasteiger partial charge in [-0.1, -0.05) is 19.8 Å². The highest BCUT2D eigenvalue weighted by molar-refractivity contribution is 7.16. The minimum Gasteiger partial charge on any atom is -0.382 e. The Balaban J connectivity index is 0. The SMILES string of the molecule is CCCCP.CCOCC. The van der Waals surface area contributed by atoms with Crippen molar-refractivity contribution in [2.45, 2.75) is 33.6 Å². The molecule has 0 bridgehead atoms. The highest BCUT2D eigenvalue weighted by atomic mass is 31.0. The summed E-state index contributed by atoms with van der Waals surface area (Å²) >= 11 is 0. The van der Waals surface area contributed by atoms with E-state index in [4.69, 9.17) is 4.74 Å². The second kappa shape index (κ2) is 16.2. The van der Waals surface area contributed by atoms with Crippen LogP contribution in [0.1, 0.15) is 33.6 Å². The third-order valence-electron chi connectivity index (χ3n) is 0.966. The molecule has 0 fully saturated rings. The van der Waals surface area contributed by atoms with Crippen molar-refractivity contribution in [3.8, 4) is 0 Å². The van der Waals surface area contributed by atoms with Crippen LogP contribution in [0.15, 0.2) is 0 Å². The first-order valence-corrected chi connectivity index (χ1v) is 4.92. The Hall–Kier alpha value is 0.390. The predicted octanol–water partition coefficient (Wildman–Crippen LogP) is 2.70. The van der Waals surface area contributed by atoms with E-state index in [9.17, 15) is 0 Å². The second-order valence-electron chi connectivity index (χ2n) is 1.92. The molecule has 0 aromatic heterocycles. The van der Waals surface area contributed by atoms with E-state index in [2.05, 4.69) is 16.2 Å². The fourth-order valence-electron chi connectivity index (χ4n) is 0.408. The van der Waals surface area contributed by atoms with Crippen molar-refractivity contribution in [2.75, 3.05) is 19.4 Å². The van der Waals surface area contributed by atoms with E-state index in [1.807, 2.05) is 13.8 Å². The van der Waals surface area contributed by atoms with Gasteiger partial charge in [0.2, 0.25) is 0 Å². The van der Waals surface area contributed by atoms with E-state index in [0.717, 1.165) is 13.2 Å². The molecule has 0 aromatic rings. The number of ether oxygens (including phenoxy) is 1. The molecule has 0 heterocycles. The van der Waals surface area contributed by atoms with Crippen LogP contribution in [0.5, 0.6) is 0 Å². The third kappa shape index (κ3) is 23.8. The monoisotopic (exact) mass is 164 g/mol. The molecule has 64 valence electrons. The zero-order valence-corrected chi connectivity index (χ0v) is 8.68. The molecule has 1 nitrogen and oxygen atoms in total. The summed E-state index contributed by atoms with van der Waals surface area (Å²) in [4.78, 5) is 0. The van der Waals surface area contributed by atoms with Gasteiger partial charge in [-0.05, 0) is 20.0 Å². The van der Waals surface area contributed by atoms with Crippen LogP contribution < -0.4 is 0 Å². The maximum atomic E-state index is 4.83. The van der Waals surface area contributed by atoms with Crippen molar-refractivity contribution in [3.05, 3.63) is 0 Å². The lowest BCUT2D eigenvalue weighted by Crippen LogP contribution is -1.84. The van der Waals surface area contributed by atoms with E-state index in [1.165, 1.54) is 19.0 Å². The molecule has 0 saturated carbocycles. The van der Waals surface area contributed by atoms with Crippen molar-refractivity contribution >= 4 is 9.24 Å². The van der Waals surface area contributed by atoms with Gasteiger partial charge < -0.3 is 4.74 Å². The third-order valence-corrected chi connectivity index (χ3v) is 1.37. The number of rotatable bonds is 4. The summed E-state index contributed by atoms with van der Waals surface area (Å²) in [5.74, 6) is 0. The molecule has 0 aliphatic heterocycles. The molecule has 0 aromatic carbocycles. The lowest BCUT2D eigenvalue weighted by Gasteiger charge is -1.86. The summed E-state index contributed by atoms with van der Waals surface area (Å²) in [6, 6.07) is 0. The summed E-state index contributed by atoms with van der Waals surface area (Å²) in [5, 5.41) is 0. The summed E-state index contributed by atoms with van der Waals surface area (Å²) in [7, 11) is 2.70. The zero-order chi connectivity index (χ0) is 8.24. The average molecular weight is 164 g/mol. The van der Waals surface area contributed by atoms with Crippen molar-refractivity contribution in [2.24, 2.45) is 0 Å². The molecule has 0 spiro atoms. The van der Waals surface area contributed by atoms with Gasteiger partial charge in [-0.3, -0.25) is 0 Å². The van der Waals surface area contributed by atoms with Crippen LogP contribution in [-0.2, 0) is 4.74 Å². The van der Waals surface area contributed by atoms with Crippen LogP contribution in [-0.4, -0.2) is 19.4 Å². The minimum atomic E-state index is 0.844. The first-order chi connectivity index (χ1) is 4.83. The molecule has 1 atom stereocenters. The Labute approximate surface area is 67.7 Å². The highest BCUT2D eigenvalue weighted by Gasteiger charge is 1.68. The van der Waals surface area contributed by atoms with Crippen molar-refractivity contribution < 1.29 is 4.74 Å². The first-order valence-electron chi connectivity index (χ1n) is 4.11. The molecule has 0 amide bonds. The van der Waals surface area contributed by atoms with Gasteiger partial charge in [0.1, 0.15) is 0 Å². The van der Waals surface area contributed by atoms with Crippen LogP contribution >= 0.6 is 9.24 Å². The van der Waals surface area contributed by atoms with E-state index >= 15 is 0 Å². The minimum absolute atomic E-state index is 0.844. The zero-order valence-electron chi connectivity index (χ0n) is 7.52. The Morgan fingerprint density at radius 3 is 1.60 bits per heavy atom. The van der Waals surface area contributed by atoms with Gasteiger partial charge in [0.15, 0.2) is 0 Å². The molecule has 2 heteroatoms. The molecule has 0 aliphatic carbocycles. The largest absolute Gasteiger partial charge is 0.382 e. The van der Waals surface area contributed by atoms with Crippen LogP contribution in [0.25, 0.3) is 0 Å². The molecule has 0 aliphatic rings. The van der Waals surface area contributed by atoms with E-state index in [0.29, 0.717) is 0 Å². The Morgan fingerprint density at radius 2 is 1.60 bits per heavy atom. The van der Waals surface area contributed by atoms with Gasteiger partial charge in [0.25, 0.3) is 0 Å². The standard InChI is InChI=1S/C4H10O.C4H11P/c1-3-5-4-2;1-2-3-4-5/h3-4H2,1-2H3;2-5H2,1H3. The molecule has 0 rings (SSSR count). The summed E-state index contributed by atoms with van der Waals surface area (Å²) < 4.78 is 4.83. The maximum Gasteiger partial charge on any atom is 0.0437 e. The molecule has 0 radical (unpaired) electrons. The lowest BCUT2D eigenvalue weighted by atomic mass is 10.4. The Bertz CT molecular complexity index is 30.2. The molecule has 0 N–H and O–H groups in total. The lowest BCUT2D eigenvalue weighted by molar-refractivity contribution is 0.162. The van der Waals surface area contributed by atoms with Gasteiger partial charge in [-0.25, -0.2) is 0 Å². The quantitative estimate of drug-likeness (QED) is 0.580. The molecular formula is C8H21OP. The molecule has 10 heavy (non-hydrogen) atoms. The first kappa shape index (κ1) is 13.0. The van der Waals surface area contributed by atoms with Crippen molar-refractivity contribution in [1.82, 2.24) is 0 Å². The summed E-state index contributed by atoms with van der Waals surface area (Å²) in [6.07, 6.45) is 3.94. The van der Waals surface area contributed by atoms with Crippen LogP contribution in [0.4, 0.5) is 0 Å². The number of unbranched alkanes of at least 4 members (excludes halogenated alkanes) is 1. The van der Waals surface area contributed by atoms with Gasteiger partial charge in [-0.15, -0.1) is 9.24 Å². The molecular weight excluding hydrogens is 143 g/mol. The number of hydrogen-bond acceptors (Lipinski definition) is 1. The second-order valence-corrected chi connectivity index (χ2v) is 2.50. The van der Waals surface area contributed by atoms with E-state index in [-0.39, 0.29) is 0 Å². The summed E-state index contributed by atoms with van der Waals surface area (Å²) in [5.41, 5.74) is 0. The molecule has 0 saturated heterocycles. The molecule has 1 unspecified atom stereocenters. The van der Waals surface area contributed by atoms with Gasteiger partial charge in [0, 0.05) is 13.2 Å². The summed E-state index contributed by atoms with van der Waals surface area (Å²) in [6.45, 7) is 7.87. The van der Waals surface area contributed by atoms with E-state index in [1.54, 1.807) is 0 Å². The van der Waals surface area contributed by atoms with Gasteiger partial charge >= 0.3 is 0 Å². The topological polar surface area (TPSA) is 9.23 Å². The van der Waals surface area contributed by atoms with Crippen molar-refractivity contribution in [3.63, 3.8) is 0 Å². The normalized spacial score (nSPS) is 8.40. The highest BCUT2D eigenvalue weighted by Crippen LogP contribution is 1.89. The van der Waals surface area contributed by atoms with Crippen LogP contribution in [0.2, 0.25) is 0 Å². The number of hydrogen-bond donors (Lipinski definition) is 0. The van der Waals surface area contributed by atoms with Gasteiger partial charge in [-0.2, -0.15) is 0 Å². The Kier molecular flexibility index (Phi) is 21.1. The maximum absolute atomic E-state index is 4.83. The van der Waals surface area contributed by atoms with Crippen LogP contribution in [0.3, 0.4) is 0 Å². The fourth-order valence-corrected chi connectivity index (χ4v) is 0.816. The smallest absolute Gasteiger partial charge is 0.0437 e. The average Bonchev–Trinajstić information content (AvgIpc) is 1.93. The van der Waals surface area contributed by atoms with Gasteiger partial charge in [0.05, 0.1) is 0 Å². The van der Waals surface area contributed by atoms with E-state index < -0.39 is 0 Å².